The molecule has 0 unspecified atom stereocenters. The zero-order valence-corrected chi connectivity index (χ0v) is 19.9. The monoisotopic (exact) mass is 497 g/mol. The van der Waals surface area contributed by atoms with Gasteiger partial charge in [0.2, 0.25) is 0 Å². The molecule has 9 nitrogen and oxygen atoms in total. The number of rotatable bonds is 6. The van der Waals surface area contributed by atoms with Crippen LogP contribution in [0.15, 0.2) is 72.8 Å². The number of ether oxygens (including phenoxy) is 3. The quantitative estimate of drug-likeness (QED) is 0.389. The Labute approximate surface area is 212 Å². The Morgan fingerprint density at radius 1 is 0.892 bits per heavy atom. The topological polar surface area (TPSA) is 116 Å². The van der Waals surface area contributed by atoms with E-state index < -0.39 is 11.9 Å². The Kier molecular flexibility index (Phi) is 6.67. The molecule has 2 N–H and O–H groups in total. The van der Waals surface area contributed by atoms with Crippen LogP contribution in [-0.2, 0) is 9.53 Å². The highest BCUT2D eigenvalue weighted by Gasteiger charge is 2.17. The van der Waals surface area contributed by atoms with Crippen molar-refractivity contribution in [2.24, 2.45) is 0 Å². The van der Waals surface area contributed by atoms with E-state index in [1.807, 2.05) is 42.5 Å². The Morgan fingerprint density at radius 2 is 1.65 bits per heavy atom. The molecule has 0 fully saturated rings. The van der Waals surface area contributed by atoms with E-state index in [4.69, 9.17) is 14.5 Å². The van der Waals surface area contributed by atoms with Crippen LogP contribution in [0.2, 0.25) is 0 Å². The van der Waals surface area contributed by atoms with Crippen molar-refractivity contribution in [1.29, 1.82) is 0 Å². The molecule has 0 saturated carbocycles. The Hall–Kier alpha value is -4.92. The second-order valence-corrected chi connectivity index (χ2v) is 8.22. The summed E-state index contributed by atoms with van der Waals surface area (Å²) in [6, 6.07) is 21.1. The number of nitrogens with zero attached hydrogens (tertiary/aromatic N) is 1. The number of nitrogens with one attached hydrogen (secondary N) is 2. The van der Waals surface area contributed by atoms with Gasteiger partial charge in [0, 0.05) is 22.2 Å². The molecular formula is C28H23N3O6. The molecule has 0 bridgehead atoms. The number of aromatic nitrogens is 1. The zero-order chi connectivity index (χ0) is 25.8. The van der Waals surface area contributed by atoms with Crippen molar-refractivity contribution in [2.75, 3.05) is 32.2 Å². The molecule has 0 aliphatic carbocycles. The zero-order valence-electron chi connectivity index (χ0n) is 19.9. The first-order valence-corrected chi connectivity index (χ1v) is 11.6. The number of hydrogen-bond acceptors (Lipinski definition) is 7. The minimum atomic E-state index is -0.544. The standard InChI is InChI=1S/C28H23N3O6/c1-35-26(32)16-29-27(33)17-6-9-19(10-7-17)30-28(34)21-15-23(31-22-5-3-2-4-20(21)22)18-8-11-24-25(14-18)37-13-12-36-24/h2-11,14-15H,12-13,16H2,1H3,(H,29,33)(H,30,34). The maximum Gasteiger partial charge on any atom is 0.325 e. The van der Waals surface area contributed by atoms with Crippen LogP contribution in [0.1, 0.15) is 20.7 Å². The van der Waals surface area contributed by atoms with Crippen molar-refractivity contribution < 1.29 is 28.6 Å². The van der Waals surface area contributed by atoms with Crippen molar-refractivity contribution in [1.82, 2.24) is 10.3 Å². The molecular weight excluding hydrogens is 474 g/mol. The van der Waals surface area contributed by atoms with Crippen molar-refractivity contribution in [2.45, 2.75) is 0 Å². The third kappa shape index (κ3) is 5.20. The molecule has 2 amide bonds. The summed E-state index contributed by atoms with van der Waals surface area (Å²) in [6.45, 7) is 0.750. The molecule has 1 aliphatic heterocycles. The number of amides is 2. The highest BCUT2D eigenvalue weighted by Crippen LogP contribution is 2.35. The second-order valence-electron chi connectivity index (χ2n) is 8.22. The normalized spacial score (nSPS) is 12.0. The third-order valence-electron chi connectivity index (χ3n) is 5.82. The van der Waals surface area contributed by atoms with E-state index in [1.165, 1.54) is 7.11 Å². The summed E-state index contributed by atoms with van der Waals surface area (Å²) in [7, 11) is 1.25. The number of para-hydroxylation sites is 1. The number of fused-ring (bicyclic) bond motifs is 2. The lowest BCUT2D eigenvalue weighted by Gasteiger charge is -2.19. The van der Waals surface area contributed by atoms with Crippen molar-refractivity contribution in [3.8, 4) is 22.8 Å². The molecule has 4 aromatic rings. The fourth-order valence-electron chi connectivity index (χ4n) is 3.94. The van der Waals surface area contributed by atoms with Gasteiger partial charge in [0.25, 0.3) is 11.8 Å². The summed E-state index contributed by atoms with van der Waals surface area (Å²) in [5.74, 6) is 0.0294. The molecule has 0 saturated heterocycles. The molecule has 186 valence electrons. The Morgan fingerprint density at radius 3 is 2.43 bits per heavy atom. The van der Waals surface area contributed by atoms with Gasteiger partial charge < -0.3 is 24.8 Å². The fourth-order valence-corrected chi connectivity index (χ4v) is 3.94. The average molecular weight is 498 g/mol. The first-order valence-electron chi connectivity index (χ1n) is 11.6. The van der Waals surface area contributed by atoms with Crippen LogP contribution in [0, 0.1) is 0 Å². The highest BCUT2D eigenvalue weighted by atomic mass is 16.6. The number of carbonyl (C=O) groups is 3. The SMILES string of the molecule is COC(=O)CNC(=O)c1ccc(NC(=O)c2cc(-c3ccc4c(c3)OCCO4)nc3ccccc23)cc1. The molecule has 0 atom stereocenters. The van der Waals surface area contributed by atoms with Crippen LogP contribution >= 0.6 is 0 Å². The van der Waals surface area contributed by atoms with Crippen molar-refractivity contribution >= 4 is 34.4 Å². The van der Waals surface area contributed by atoms with Gasteiger partial charge in [0.15, 0.2) is 11.5 Å². The minimum Gasteiger partial charge on any atom is -0.486 e. The average Bonchev–Trinajstić information content (AvgIpc) is 2.95. The Bertz CT molecular complexity index is 1500. The summed E-state index contributed by atoms with van der Waals surface area (Å²) >= 11 is 0. The molecule has 2 heterocycles. The van der Waals surface area contributed by atoms with Gasteiger partial charge >= 0.3 is 5.97 Å². The lowest BCUT2D eigenvalue weighted by molar-refractivity contribution is -0.139. The maximum absolute atomic E-state index is 13.4. The molecule has 1 aliphatic rings. The third-order valence-corrected chi connectivity index (χ3v) is 5.82. The molecule has 9 heteroatoms. The smallest absolute Gasteiger partial charge is 0.325 e. The van der Waals surface area contributed by atoms with Crippen LogP contribution in [0.4, 0.5) is 5.69 Å². The number of hydrogen-bond donors (Lipinski definition) is 2. The van der Waals surface area contributed by atoms with E-state index in [-0.39, 0.29) is 12.5 Å². The summed E-state index contributed by atoms with van der Waals surface area (Å²) in [4.78, 5) is 41.5. The van der Waals surface area contributed by atoms with Crippen LogP contribution in [-0.4, -0.2) is 49.6 Å². The van der Waals surface area contributed by atoms with Gasteiger partial charge in [-0.2, -0.15) is 0 Å². The van der Waals surface area contributed by atoms with E-state index in [2.05, 4.69) is 15.4 Å². The van der Waals surface area contributed by atoms with E-state index in [0.29, 0.717) is 58.1 Å². The highest BCUT2D eigenvalue weighted by molar-refractivity contribution is 6.13. The van der Waals surface area contributed by atoms with Crippen LogP contribution in [0.25, 0.3) is 22.2 Å². The Balaban J connectivity index is 1.40. The molecule has 5 rings (SSSR count). The van der Waals surface area contributed by atoms with E-state index in [1.54, 1.807) is 30.3 Å². The molecule has 1 aromatic heterocycles. The lowest BCUT2D eigenvalue weighted by atomic mass is 10.0. The van der Waals surface area contributed by atoms with Gasteiger partial charge in [-0.3, -0.25) is 14.4 Å². The van der Waals surface area contributed by atoms with E-state index in [9.17, 15) is 14.4 Å². The molecule has 0 spiro atoms. The van der Waals surface area contributed by atoms with Crippen molar-refractivity contribution in [3.05, 3.63) is 83.9 Å². The number of benzene rings is 3. The summed E-state index contributed by atoms with van der Waals surface area (Å²) in [6.07, 6.45) is 0. The minimum absolute atomic E-state index is 0.228. The van der Waals surface area contributed by atoms with Gasteiger partial charge in [-0.05, 0) is 54.6 Å². The number of carbonyl (C=O) groups excluding carboxylic acids is 3. The number of esters is 1. The van der Waals surface area contributed by atoms with Crippen LogP contribution in [0.5, 0.6) is 11.5 Å². The largest absolute Gasteiger partial charge is 0.486 e. The fraction of sp³-hybridized carbons (Fsp3) is 0.143. The van der Waals surface area contributed by atoms with E-state index >= 15 is 0 Å². The molecule has 0 radical (unpaired) electrons. The second kappa shape index (κ2) is 10.4. The lowest BCUT2D eigenvalue weighted by Crippen LogP contribution is -2.30. The summed E-state index contributed by atoms with van der Waals surface area (Å²) < 4.78 is 15.8. The molecule has 37 heavy (non-hydrogen) atoms. The predicted molar refractivity (Wildman–Crippen MR) is 137 cm³/mol. The molecule has 3 aromatic carbocycles. The number of methoxy groups -OCH3 is 1. The van der Waals surface area contributed by atoms with Crippen LogP contribution in [0.3, 0.4) is 0 Å². The maximum atomic E-state index is 13.4. The summed E-state index contributed by atoms with van der Waals surface area (Å²) in [5.41, 5.74) is 3.41. The first kappa shape index (κ1) is 23.8. The van der Waals surface area contributed by atoms with Gasteiger partial charge in [0.05, 0.1) is 23.9 Å². The number of pyridine rings is 1. The van der Waals surface area contributed by atoms with Gasteiger partial charge in [-0.15, -0.1) is 0 Å². The van der Waals surface area contributed by atoms with Crippen LogP contribution < -0.4 is 20.1 Å². The van der Waals surface area contributed by atoms with Gasteiger partial charge in [-0.1, -0.05) is 18.2 Å². The number of anilines is 1. The van der Waals surface area contributed by atoms with Crippen molar-refractivity contribution in [3.63, 3.8) is 0 Å². The van der Waals surface area contributed by atoms with E-state index in [0.717, 1.165) is 5.56 Å². The van der Waals surface area contributed by atoms with Gasteiger partial charge in [0.1, 0.15) is 19.8 Å². The first-order chi connectivity index (χ1) is 18.0. The predicted octanol–water partition coefficient (Wildman–Crippen LogP) is 3.83. The van der Waals surface area contributed by atoms with Gasteiger partial charge in [-0.25, -0.2) is 4.98 Å². The summed E-state index contributed by atoms with van der Waals surface area (Å²) in [5, 5.41) is 6.07.